The molecule has 0 aliphatic heterocycles. The quantitative estimate of drug-likeness (QED) is 0.853. The van der Waals surface area contributed by atoms with Crippen LogP contribution in [-0.2, 0) is 13.1 Å². The molecule has 0 aromatic carbocycles. The predicted molar refractivity (Wildman–Crippen MR) is 63.0 cm³/mol. The molecule has 0 unspecified atom stereocenters. The lowest BCUT2D eigenvalue weighted by Crippen LogP contribution is -2.13. The monoisotopic (exact) mass is 216 g/mol. The largest absolute Gasteiger partial charge is 0.466 e. The first-order valence-electron chi connectivity index (χ1n) is 5.42. The van der Waals surface area contributed by atoms with Crippen LogP contribution in [0.5, 0.6) is 0 Å². The average Bonchev–Trinajstić information content (AvgIpc) is 2.59. The molecule has 3 nitrogen and oxygen atoms in total. The zero-order valence-corrected chi connectivity index (χ0v) is 9.66. The van der Waals surface area contributed by atoms with Gasteiger partial charge in [-0.25, -0.2) is 0 Å². The summed E-state index contributed by atoms with van der Waals surface area (Å²) in [6.45, 7) is 5.56. The van der Waals surface area contributed by atoms with Crippen molar-refractivity contribution in [3.63, 3.8) is 0 Å². The third kappa shape index (κ3) is 2.70. The molecule has 0 spiro atoms. The van der Waals surface area contributed by atoms with Gasteiger partial charge in [0.05, 0.1) is 5.69 Å². The molecular formula is C13H16N2O. The number of furan rings is 1. The van der Waals surface area contributed by atoms with Crippen molar-refractivity contribution < 1.29 is 4.42 Å². The van der Waals surface area contributed by atoms with E-state index >= 15 is 0 Å². The second-order valence-electron chi connectivity index (χ2n) is 3.86. The lowest BCUT2D eigenvalue weighted by molar-refractivity contribution is 0.499. The van der Waals surface area contributed by atoms with E-state index in [9.17, 15) is 0 Å². The second-order valence-corrected chi connectivity index (χ2v) is 3.86. The topological polar surface area (TPSA) is 38.1 Å². The summed E-state index contributed by atoms with van der Waals surface area (Å²) in [5, 5.41) is 3.35. The van der Waals surface area contributed by atoms with Gasteiger partial charge in [0.25, 0.3) is 0 Å². The summed E-state index contributed by atoms with van der Waals surface area (Å²) >= 11 is 0. The van der Waals surface area contributed by atoms with Crippen LogP contribution in [0.3, 0.4) is 0 Å². The molecule has 16 heavy (non-hydrogen) atoms. The molecular weight excluding hydrogens is 200 g/mol. The van der Waals surface area contributed by atoms with Crippen molar-refractivity contribution in [3.8, 4) is 0 Å². The Balaban J connectivity index is 1.87. The molecule has 0 fully saturated rings. The Morgan fingerprint density at radius 1 is 1.25 bits per heavy atom. The molecule has 0 saturated carbocycles. The van der Waals surface area contributed by atoms with Gasteiger partial charge in [-0.1, -0.05) is 6.07 Å². The molecule has 0 saturated heterocycles. The Hall–Kier alpha value is -1.61. The van der Waals surface area contributed by atoms with Crippen LogP contribution in [0, 0.1) is 13.8 Å². The predicted octanol–water partition coefficient (Wildman–Crippen LogP) is 2.58. The second kappa shape index (κ2) is 4.94. The highest BCUT2D eigenvalue weighted by Crippen LogP contribution is 2.13. The maximum atomic E-state index is 5.46. The van der Waals surface area contributed by atoms with Crippen LogP contribution < -0.4 is 5.32 Å². The maximum absolute atomic E-state index is 5.46. The van der Waals surface area contributed by atoms with Gasteiger partial charge in [-0.05, 0) is 32.0 Å². The van der Waals surface area contributed by atoms with Crippen LogP contribution in [0.2, 0.25) is 0 Å². The van der Waals surface area contributed by atoms with Crippen molar-refractivity contribution in [2.24, 2.45) is 0 Å². The fourth-order valence-corrected chi connectivity index (χ4v) is 1.69. The number of rotatable bonds is 4. The highest BCUT2D eigenvalue weighted by molar-refractivity contribution is 5.19. The van der Waals surface area contributed by atoms with E-state index in [2.05, 4.69) is 16.4 Å². The van der Waals surface area contributed by atoms with E-state index < -0.39 is 0 Å². The Morgan fingerprint density at radius 2 is 2.12 bits per heavy atom. The first-order chi connectivity index (χ1) is 7.75. The van der Waals surface area contributed by atoms with Crippen LogP contribution in [0.15, 0.2) is 34.9 Å². The minimum absolute atomic E-state index is 0.782. The summed E-state index contributed by atoms with van der Waals surface area (Å²) < 4.78 is 5.46. The number of pyridine rings is 1. The Labute approximate surface area is 95.5 Å². The number of hydrogen-bond donors (Lipinski definition) is 1. The fraction of sp³-hybridized carbons (Fsp3) is 0.308. The lowest BCUT2D eigenvalue weighted by atomic mass is 10.2. The van der Waals surface area contributed by atoms with Crippen LogP contribution in [-0.4, -0.2) is 4.98 Å². The summed E-state index contributed by atoms with van der Waals surface area (Å²) in [5.74, 6) is 1.96. The Bertz CT molecular complexity index is 448. The van der Waals surface area contributed by atoms with Crippen molar-refractivity contribution in [2.45, 2.75) is 26.9 Å². The van der Waals surface area contributed by atoms with Crippen LogP contribution in [0.4, 0.5) is 0 Å². The van der Waals surface area contributed by atoms with Crippen LogP contribution >= 0.6 is 0 Å². The molecule has 0 bridgehead atoms. The standard InChI is InChI=1S/C13H16N2O/c1-10-7-12(11(2)16-10)8-14-9-13-5-3-4-6-15-13/h3-7,14H,8-9H2,1-2H3. The molecule has 2 heterocycles. The zero-order valence-electron chi connectivity index (χ0n) is 9.66. The highest BCUT2D eigenvalue weighted by atomic mass is 16.3. The van der Waals surface area contributed by atoms with Crippen molar-refractivity contribution in [1.29, 1.82) is 0 Å². The van der Waals surface area contributed by atoms with Gasteiger partial charge in [0.15, 0.2) is 0 Å². The number of aromatic nitrogens is 1. The molecule has 1 N–H and O–H groups in total. The summed E-state index contributed by atoms with van der Waals surface area (Å²) in [4.78, 5) is 4.25. The van der Waals surface area contributed by atoms with Gasteiger partial charge in [-0.3, -0.25) is 4.98 Å². The van der Waals surface area contributed by atoms with E-state index in [-0.39, 0.29) is 0 Å². The van der Waals surface area contributed by atoms with Crippen LogP contribution in [0.1, 0.15) is 22.8 Å². The minimum Gasteiger partial charge on any atom is -0.466 e. The normalized spacial score (nSPS) is 10.6. The first-order valence-corrected chi connectivity index (χ1v) is 5.42. The number of nitrogens with zero attached hydrogens (tertiary/aromatic N) is 1. The molecule has 2 aromatic heterocycles. The van der Waals surface area contributed by atoms with E-state index in [4.69, 9.17) is 4.42 Å². The number of aryl methyl sites for hydroxylation is 2. The van der Waals surface area contributed by atoms with E-state index in [0.29, 0.717) is 0 Å². The molecule has 84 valence electrons. The molecule has 3 heteroatoms. The van der Waals surface area contributed by atoms with Crippen molar-refractivity contribution >= 4 is 0 Å². The Morgan fingerprint density at radius 3 is 2.75 bits per heavy atom. The van der Waals surface area contributed by atoms with E-state index in [0.717, 1.165) is 30.3 Å². The van der Waals surface area contributed by atoms with Gasteiger partial charge in [0.1, 0.15) is 11.5 Å². The summed E-state index contributed by atoms with van der Waals surface area (Å²) in [5.41, 5.74) is 2.27. The molecule has 2 aromatic rings. The highest BCUT2D eigenvalue weighted by Gasteiger charge is 2.03. The molecule has 0 atom stereocenters. The molecule has 0 aliphatic carbocycles. The zero-order chi connectivity index (χ0) is 11.4. The minimum atomic E-state index is 0.782. The van der Waals surface area contributed by atoms with Gasteiger partial charge in [0.2, 0.25) is 0 Å². The number of hydrogen-bond acceptors (Lipinski definition) is 3. The van der Waals surface area contributed by atoms with Gasteiger partial charge in [-0.15, -0.1) is 0 Å². The van der Waals surface area contributed by atoms with Gasteiger partial charge < -0.3 is 9.73 Å². The summed E-state index contributed by atoms with van der Waals surface area (Å²) in [7, 11) is 0. The number of nitrogens with one attached hydrogen (secondary N) is 1. The maximum Gasteiger partial charge on any atom is 0.105 e. The van der Waals surface area contributed by atoms with E-state index in [1.165, 1.54) is 5.56 Å². The summed E-state index contributed by atoms with van der Waals surface area (Å²) in [6.07, 6.45) is 1.81. The molecule has 2 rings (SSSR count). The van der Waals surface area contributed by atoms with Crippen LogP contribution in [0.25, 0.3) is 0 Å². The van der Waals surface area contributed by atoms with Crippen molar-refractivity contribution in [2.75, 3.05) is 0 Å². The summed E-state index contributed by atoms with van der Waals surface area (Å²) in [6, 6.07) is 8.01. The van der Waals surface area contributed by atoms with Gasteiger partial charge >= 0.3 is 0 Å². The van der Waals surface area contributed by atoms with Gasteiger partial charge in [0, 0.05) is 24.8 Å². The molecule has 0 aliphatic rings. The SMILES string of the molecule is Cc1cc(CNCc2ccccn2)c(C)o1. The van der Waals surface area contributed by atoms with E-state index in [1.807, 2.05) is 38.2 Å². The third-order valence-electron chi connectivity index (χ3n) is 2.49. The first kappa shape index (κ1) is 10.9. The molecule has 0 radical (unpaired) electrons. The van der Waals surface area contributed by atoms with Gasteiger partial charge in [-0.2, -0.15) is 0 Å². The lowest BCUT2D eigenvalue weighted by Gasteiger charge is -2.02. The third-order valence-corrected chi connectivity index (χ3v) is 2.49. The van der Waals surface area contributed by atoms with E-state index in [1.54, 1.807) is 0 Å². The molecule has 0 amide bonds. The Kier molecular flexibility index (Phi) is 3.37. The van der Waals surface area contributed by atoms with Crippen molar-refractivity contribution in [1.82, 2.24) is 10.3 Å². The smallest absolute Gasteiger partial charge is 0.105 e. The van der Waals surface area contributed by atoms with Crippen molar-refractivity contribution in [3.05, 3.63) is 53.2 Å². The average molecular weight is 216 g/mol. The fourth-order valence-electron chi connectivity index (χ4n) is 1.69.